The molecule has 1 N–H and O–H groups in total. The van der Waals surface area contributed by atoms with Crippen LogP contribution in [0.1, 0.15) is 5.56 Å². The smallest absolute Gasteiger partial charge is 0.264 e. The monoisotopic (exact) mass is 497 g/mol. The first-order valence-corrected chi connectivity index (χ1v) is 12.1. The normalized spacial score (nSPS) is 19.6. The van der Waals surface area contributed by atoms with Gasteiger partial charge in [-0.3, -0.25) is 9.78 Å². The van der Waals surface area contributed by atoms with Crippen LogP contribution < -0.4 is 10.2 Å². The van der Waals surface area contributed by atoms with Crippen LogP contribution in [-0.2, 0) is 4.79 Å². The summed E-state index contributed by atoms with van der Waals surface area (Å²) in [5.41, 5.74) is 3.49. The molecule has 3 heterocycles. The topological polar surface area (TPSA) is 60.8 Å². The largest absolute Gasteiger partial charge is 0.368 e. The van der Waals surface area contributed by atoms with Crippen LogP contribution in [0.3, 0.4) is 0 Å². The van der Waals surface area contributed by atoms with Gasteiger partial charge in [-0.2, -0.15) is 0 Å². The van der Waals surface area contributed by atoms with E-state index in [1.165, 1.54) is 17.4 Å². The van der Waals surface area contributed by atoms with Gasteiger partial charge in [0.15, 0.2) is 5.17 Å². The van der Waals surface area contributed by atoms with Crippen LogP contribution in [0.2, 0.25) is 10.0 Å². The number of rotatable bonds is 3. The maximum Gasteiger partial charge on any atom is 0.264 e. The van der Waals surface area contributed by atoms with Crippen molar-refractivity contribution in [3.8, 4) is 0 Å². The molecule has 0 radical (unpaired) electrons. The van der Waals surface area contributed by atoms with E-state index in [9.17, 15) is 4.79 Å². The molecule has 3 aromatic rings. The Balaban J connectivity index is 1.45. The second-order valence-corrected chi connectivity index (χ2v) is 9.79. The number of hydrogen-bond acceptors (Lipinski definition) is 6. The fourth-order valence-corrected chi connectivity index (χ4v) is 5.20. The predicted molar refractivity (Wildman–Crippen MR) is 139 cm³/mol. The first-order chi connectivity index (χ1) is 16.0. The van der Waals surface area contributed by atoms with Gasteiger partial charge < -0.3 is 15.1 Å². The summed E-state index contributed by atoms with van der Waals surface area (Å²) in [6.45, 7) is 4.01. The Hall–Kier alpha value is -2.58. The molecule has 2 saturated heterocycles. The summed E-state index contributed by atoms with van der Waals surface area (Å²) >= 11 is 13.7. The quantitative estimate of drug-likeness (QED) is 0.504. The van der Waals surface area contributed by atoms with E-state index in [0.29, 0.717) is 25.8 Å². The third kappa shape index (κ3) is 4.73. The van der Waals surface area contributed by atoms with Crippen LogP contribution in [0.25, 0.3) is 17.0 Å². The van der Waals surface area contributed by atoms with Gasteiger partial charge in [0, 0.05) is 43.4 Å². The average molecular weight is 498 g/mol. The van der Waals surface area contributed by atoms with Crippen LogP contribution in [0.4, 0.5) is 11.4 Å². The fraction of sp³-hybridized carbons (Fsp3) is 0.208. The molecule has 0 bridgehead atoms. The Labute approximate surface area is 206 Å². The number of fused-ring (bicyclic) bond motifs is 1. The number of nitrogens with one attached hydrogen (secondary N) is 1. The number of amidine groups is 1. The van der Waals surface area contributed by atoms with Crippen molar-refractivity contribution in [1.82, 2.24) is 15.2 Å². The lowest BCUT2D eigenvalue weighted by Gasteiger charge is -2.34. The van der Waals surface area contributed by atoms with Gasteiger partial charge >= 0.3 is 0 Å². The van der Waals surface area contributed by atoms with Gasteiger partial charge in [0.25, 0.3) is 5.91 Å². The molecule has 33 heavy (non-hydrogen) atoms. The molecule has 2 fully saturated rings. The molecule has 6 nitrogen and oxygen atoms in total. The molecule has 1 amide bonds. The number of carbonyl (C=O) groups excluding carboxylic acids is 1. The van der Waals surface area contributed by atoms with Gasteiger partial charge in [0.1, 0.15) is 5.69 Å². The fourth-order valence-electron chi connectivity index (χ4n) is 3.89. The van der Waals surface area contributed by atoms with Crippen LogP contribution in [0.5, 0.6) is 0 Å². The number of para-hydroxylation sites is 1. The van der Waals surface area contributed by atoms with Crippen molar-refractivity contribution in [2.24, 2.45) is 4.99 Å². The van der Waals surface area contributed by atoms with Crippen LogP contribution in [0, 0.1) is 0 Å². The third-order valence-corrected chi connectivity index (χ3v) is 7.21. The number of benzene rings is 2. The molecule has 0 aliphatic carbocycles. The Bertz CT molecular complexity index is 1280. The second-order valence-electron chi connectivity index (χ2n) is 7.95. The van der Waals surface area contributed by atoms with Crippen molar-refractivity contribution in [2.45, 2.75) is 0 Å². The summed E-state index contributed by atoms with van der Waals surface area (Å²) in [5.74, 6) is -0.201. The minimum Gasteiger partial charge on any atom is -0.368 e. The van der Waals surface area contributed by atoms with E-state index in [4.69, 9.17) is 23.2 Å². The van der Waals surface area contributed by atoms with E-state index >= 15 is 0 Å². The number of aliphatic imine (C=N–C) groups is 1. The van der Waals surface area contributed by atoms with Crippen LogP contribution in [0.15, 0.2) is 58.6 Å². The molecule has 2 aliphatic rings. The van der Waals surface area contributed by atoms with Crippen molar-refractivity contribution < 1.29 is 4.79 Å². The van der Waals surface area contributed by atoms with E-state index in [2.05, 4.69) is 44.3 Å². The molecule has 168 valence electrons. The number of anilines is 1. The van der Waals surface area contributed by atoms with Crippen molar-refractivity contribution in [2.75, 3.05) is 38.1 Å². The van der Waals surface area contributed by atoms with Crippen molar-refractivity contribution in [3.63, 3.8) is 0 Å². The maximum atomic E-state index is 12.6. The van der Waals surface area contributed by atoms with Gasteiger partial charge in [0.2, 0.25) is 0 Å². The first-order valence-electron chi connectivity index (χ1n) is 10.5. The highest BCUT2D eigenvalue weighted by molar-refractivity contribution is 8.18. The lowest BCUT2D eigenvalue weighted by Crippen LogP contribution is -2.44. The second kappa shape index (κ2) is 9.35. The zero-order valence-corrected chi connectivity index (χ0v) is 20.2. The Morgan fingerprint density at radius 1 is 1.09 bits per heavy atom. The van der Waals surface area contributed by atoms with Crippen LogP contribution in [-0.4, -0.2) is 54.2 Å². The summed E-state index contributed by atoms with van der Waals surface area (Å²) in [4.78, 5) is 26.9. The number of nitrogens with zero attached hydrogens (tertiary/aromatic N) is 4. The Kier molecular flexibility index (Phi) is 6.29. The molecular formula is C24H21Cl2N5OS. The number of piperazine rings is 1. The van der Waals surface area contributed by atoms with E-state index in [0.717, 1.165) is 42.6 Å². The SMILES string of the molecule is CN1CCN(c2ccnc3ccc(/C=C4\SC(=Nc5c(Cl)cccc5Cl)NC4=O)cc23)CC1. The number of aromatic nitrogens is 1. The lowest BCUT2D eigenvalue weighted by molar-refractivity contribution is -0.115. The molecule has 0 atom stereocenters. The van der Waals surface area contributed by atoms with E-state index in [1.807, 2.05) is 24.4 Å². The molecule has 5 rings (SSSR count). The number of amides is 1. The number of likely N-dealkylation sites (N-methyl/N-ethyl adjacent to an activating group) is 1. The van der Waals surface area contributed by atoms with Gasteiger partial charge in [-0.05, 0) is 60.8 Å². The lowest BCUT2D eigenvalue weighted by atomic mass is 10.1. The molecule has 0 spiro atoms. The zero-order valence-electron chi connectivity index (χ0n) is 17.9. The minimum absolute atomic E-state index is 0.201. The predicted octanol–water partition coefficient (Wildman–Crippen LogP) is 5.19. The Morgan fingerprint density at radius 3 is 2.61 bits per heavy atom. The highest BCUT2D eigenvalue weighted by Gasteiger charge is 2.25. The van der Waals surface area contributed by atoms with Gasteiger partial charge in [0.05, 0.1) is 20.5 Å². The van der Waals surface area contributed by atoms with Gasteiger partial charge in [-0.1, -0.05) is 35.3 Å². The molecule has 9 heteroatoms. The van der Waals surface area contributed by atoms with Crippen molar-refractivity contribution >= 4 is 74.4 Å². The molecular weight excluding hydrogens is 477 g/mol. The van der Waals surface area contributed by atoms with Crippen LogP contribution >= 0.6 is 35.0 Å². The molecule has 2 aromatic carbocycles. The van der Waals surface area contributed by atoms with E-state index < -0.39 is 0 Å². The average Bonchev–Trinajstić information content (AvgIpc) is 3.15. The summed E-state index contributed by atoms with van der Waals surface area (Å²) in [6, 6.07) is 13.3. The summed E-state index contributed by atoms with van der Waals surface area (Å²) in [5, 5.41) is 5.18. The van der Waals surface area contributed by atoms with E-state index in [-0.39, 0.29) is 5.91 Å². The van der Waals surface area contributed by atoms with Gasteiger partial charge in [-0.25, -0.2) is 4.99 Å². The number of halogens is 2. The number of pyridine rings is 1. The standard InChI is InChI=1S/C24H21Cl2N5OS/c1-30-9-11-31(12-10-30)20-7-8-27-19-6-5-15(13-16(19)20)14-21-23(32)29-24(33-21)28-22-17(25)3-2-4-18(22)26/h2-8,13-14H,9-12H2,1H3,(H,28,29,32)/b21-14-. The van der Waals surface area contributed by atoms with E-state index in [1.54, 1.807) is 18.2 Å². The minimum atomic E-state index is -0.201. The zero-order chi connectivity index (χ0) is 22.9. The van der Waals surface area contributed by atoms with Crippen molar-refractivity contribution in [3.05, 3.63) is 69.2 Å². The van der Waals surface area contributed by atoms with Gasteiger partial charge in [-0.15, -0.1) is 0 Å². The highest BCUT2D eigenvalue weighted by atomic mass is 35.5. The molecule has 0 unspecified atom stereocenters. The Morgan fingerprint density at radius 2 is 1.85 bits per heavy atom. The number of thioether (sulfide) groups is 1. The van der Waals surface area contributed by atoms with Crippen molar-refractivity contribution in [1.29, 1.82) is 0 Å². The number of carbonyl (C=O) groups is 1. The highest BCUT2D eigenvalue weighted by Crippen LogP contribution is 2.36. The summed E-state index contributed by atoms with van der Waals surface area (Å²) < 4.78 is 0. The molecule has 0 saturated carbocycles. The third-order valence-electron chi connectivity index (χ3n) is 5.69. The summed E-state index contributed by atoms with van der Waals surface area (Å²) in [7, 11) is 2.15. The number of hydrogen-bond donors (Lipinski definition) is 1. The summed E-state index contributed by atoms with van der Waals surface area (Å²) in [6.07, 6.45) is 3.73. The molecule has 1 aromatic heterocycles. The first kappa shape index (κ1) is 22.2. The maximum absolute atomic E-state index is 12.6. The molecule has 2 aliphatic heterocycles.